The van der Waals surface area contributed by atoms with Crippen LogP contribution in [-0.2, 0) is 0 Å². The third-order valence-corrected chi connectivity index (χ3v) is 0.794. The van der Waals surface area contributed by atoms with Crippen molar-refractivity contribution in [2.75, 3.05) is 0 Å². The van der Waals surface area contributed by atoms with Gasteiger partial charge in [0.15, 0.2) is 6.29 Å². The zero-order chi connectivity index (χ0) is 5.98. The van der Waals surface area contributed by atoms with Crippen molar-refractivity contribution in [1.29, 1.82) is 0 Å². The van der Waals surface area contributed by atoms with E-state index in [1.54, 1.807) is 6.92 Å². The van der Waals surface area contributed by atoms with Gasteiger partial charge in [0.1, 0.15) is 5.69 Å². The number of nitrogens with zero attached hydrogens (tertiary/aromatic N) is 2. The fourth-order valence-corrected chi connectivity index (χ4v) is 0.348. The molecule has 0 saturated carbocycles. The number of hydrogen-bond acceptors (Lipinski definition) is 4. The standard InChI is InChI=1S/C4H4N2O2/c1-3-4(2-7)8-6-5-3/h2H,1H3. The van der Waals surface area contributed by atoms with Gasteiger partial charge in [0, 0.05) is 5.27 Å². The van der Waals surface area contributed by atoms with Crippen LogP contribution < -0.4 is 0 Å². The van der Waals surface area contributed by atoms with Gasteiger partial charge >= 0.3 is 0 Å². The summed E-state index contributed by atoms with van der Waals surface area (Å²) in [6, 6.07) is 0. The third-order valence-electron chi connectivity index (χ3n) is 0.794. The molecule has 0 saturated heterocycles. The predicted octanol–water partition coefficient (Wildman–Crippen LogP) is 0.191. The highest BCUT2D eigenvalue weighted by Gasteiger charge is 1.99. The quantitative estimate of drug-likeness (QED) is 0.486. The van der Waals surface area contributed by atoms with Crippen LogP contribution in [0.1, 0.15) is 16.2 Å². The van der Waals surface area contributed by atoms with Crippen molar-refractivity contribution in [2.24, 2.45) is 0 Å². The SMILES string of the molecule is Cc1nnoc1C=O. The first-order valence-electron chi connectivity index (χ1n) is 2.08. The molecule has 0 unspecified atom stereocenters. The largest absolute Gasteiger partial charge is 0.334 e. The minimum atomic E-state index is 0.199. The molecule has 1 aromatic heterocycles. The third kappa shape index (κ3) is 0.598. The molecule has 0 aliphatic carbocycles. The summed E-state index contributed by atoms with van der Waals surface area (Å²) in [7, 11) is 0. The molecular formula is C4H4N2O2. The van der Waals surface area contributed by atoms with Crippen molar-refractivity contribution in [3.8, 4) is 0 Å². The Bertz CT molecular complexity index is 194. The molecule has 4 heteroatoms. The van der Waals surface area contributed by atoms with E-state index in [-0.39, 0.29) is 5.76 Å². The predicted molar refractivity (Wildman–Crippen MR) is 24.4 cm³/mol. The van der Waals surface area contributed by atoms with E-state index in [1.807, 2.05) is 0 Å². The Morgan fingerprint density at radius 3 is 2.75 bits per heavy atom. The summed E-state index contributed by atoms with van der Waals surface area (Å²) in [6.07, 6.45) is 0.579. The lowest BCUT2D eigenvalue weighted by Gasteiger charge is -1.72. The van der Waals surface area contributed by atoms with Crippen LogP contribution in [0.2, 0.25) is 0 Å². The molecule has 0 spiro atoms. The van der Waals surface area contributed by atoms with E-state index in [9.17, 15) is 4.79 Å². The Labute approximate surface area is 45.5 Å². The maximum absolute atomic E-state index is 9.91. The van der Waals surface area contributed by atoms with Crippen LogP contribution in [0.5, 0.6) is 0 Å². The topological polar surface area (TPSA) is 56.0 Å². The molecule has 0 amide bonds. The summed E-state index contributed by atoms with van der Waals surface area (Å²) in [4.78, 5) is 9.91. The summed E-state index contributed by atoms with van der Waals surface area (Å²) in [5, 5.41) is 6.58. The van der Waals surface area contributed by atoms with E-state index in [0.29, 0.717) is 12.0 Å². The van der Waals surface area contributed by atoms with Crippen LogP contribution in [0.15, 0.2) is 4.52 Å². The number of aldehydes is 1. The number of hydrogen-bond donors (Lipinski definition) is 0. The Morgan fingerprint density at radius 2 is 2.50 bits per heavy atom. The average Bonchev–Trinajstić information content (AvgIpc) is 2.14. The van der Waals surface area contributed by atoms with Crippen LogP contribution in [-0.4, -0.2) is 16.7 Å². The lowest BCUT2D eigenvalue weighted by atomic mass is 10.4. The Balaban J connectivity index is 3.09. The highest BCUT2D eigenvalue weighted by Crippen LogP contribution is 1.95. The highest BCUT2D eigenvalue weighted by atomic mass is 16.5. The van der Waals surface area contributed by atoms with Crippen molar-refractivity contribution >= 4 is 6.29 Å². The van der Waals surface area contributed by atoms with Gasteiger partial charge in [0.25, 0.3) is 0 Å². The van der Waals surface area contributed by atoms with Gasteiger partial charge in [0.2, 0.25) is 5.76 Å². The summed E-state index contributed by atoms with van der Waals surface area (Å²) in [6.45, 7) is 1.65. The smallest absolute Gasteiger partial charge is 0.222 e. The van der Waals surface area contributed by atoms with Gasteiger partial charge in [-0.05, 0) is 6.92 Å². The van der Waals surface area contributed by atoms with E-state index in [1.165, 1.54) is 0 Å². The first-order chi connectivity index (χ1) is 3.84. The van der Waals surface area contributed by atoms with Gasteiger partial charge in [-0.15, -0.1) is 5.10 Å². The van der Waals surface area contributed by atoms with Crippen molar-refractivity contribution in [2.45, 2.75) is 6.92 Å². The number of carbonyl (C=O) groups is 1. The lowest BCUT2D eigenvalue weighted by molar-refractivity contribution is 0.109. The van der Waals surface area contributed by atoms with E-state index in [2.05, 4.69) is 14.9 Å². The molecule has 0 bridgehead atoms. The fourth-order valence-electron chi connectivity index (χ4n) is 0.348. The molecule has 8 heavy (non-hydrogen) atoms. The zero-order valence-electron chi connectivity index (χ0n) is 4.29. The molecule has 0 atom stereocenters. The van der Waals surface area contributed by atoms with Crippen LogP contribution in [0.25, 0.3) is 0 Å². The van der Waals surface area contributed by atoms with Crippen LogP contribution in [0.4, 0.5) is 0 Å². The molecule has 1 heterocycles. The number of aromatic nitrogens is 2. The Morgan fingerprint density at radius 1 is 1.75 bits per heavy atom. The second-order valence-electron chi connectivity index (χ2n) is 1.34. The fraction of sp³-hybridized carbons (Fsp3) is 0.250. The molecule has 0 fully saturated rings. The van der Waals surface area contributed by atoms with Gasteiger partial charge in [-0.25, -0.2) is 0 Å². The Hall–Kier alpha value is -1.19. The second kappa shape index (κ2) is 1.73. The van der Waals surface area contributed by atoms with E-state index < -0.39 is 0 Å². The summed E-state index contributed by atoms with van der Waals surface area (Å²) < 4.78 is 4.38. The first-order valence-corrected chi connectivity index (χ1v) is 2.08. The maximum atomic E-state index is 9.91. The summed E-state index contributed by atoms with van der Waals surface area (Å²) >= 11 is 0. The van der Waals surface area contributed by atoms with Gasteiger partial charge in [-0.3, -0.25) is 4.79 Å². The number of aryl methyl sites for hydroxylation is 1. The van der Waals surface area contributed by atoms with Gasteiger partial charge in [-0.1, -0.05) is 0 Å². The molecule has 42 valence electrons. The summed E-state index contributed by atoms with van der Waals surface area (Å²) in [5.41, 5.74) is 0.528. The molecule has 0 aromatic carbocycles. The lowest BCUT2D eigenvalue weighted by Crippen LogP contribution is -1.77. The normalized spacial score (nSPS) is 9.12. The first kappa shape index (κ1) is 4.96. The minimum absolute atomic E-state index is 0.199. The molecule has 0 aliphatic rings. The minimum Gasteiger partial charge on any atom is -0.334 e. The van der Waals surface area contributed by atoms with Gasteiger partial charge in [0.05, 0.1) is 0 Å². The van der Waals surface area contributed by atoms with Crippen LogP contribution in [0, 0.1) is 6.92 Å². The zero-order valence-corrected chi connectivity index (χ0v) is 4.29. The molecule has 4 nitrogen and oxygen atoms in total. The molecule has 1 rings (SSSR count). The Kier molecular flexibility index (Phi) is 1.07. The number of rotatable bonds is 1. The van der Waals surface area contributed by atoms with Crippen molar-refractivity contribution in [3.63, 3.8) is 0 Å². The molecular weight excluding hydrogens is 108 g/mol. The average molecular weight is 112 g/mol. The van der Waals surface area contributed by atoms with E-state index in [4.69, 9.17) is 0 Å². The van der Waals surface area contributed by atoms with E-state index >= 15 is 0 Å². The molecule has 0 aliphatic heterocycles. The highest BCUT2D eigenvalue weighted by molar-refractivity contribution is 5.71. The van der Waals surface area contributed by atoms with Crippen LogP contribution >= 0.6 is 0 Å². The summed E-state index contributed by atoms with van der Waals surface area (Å²) in [5.74, 6) is 0.199. The monoisotopic (exact) mass is 112 g/mol. The molecule has 1 aromatic rings. The van der Waals surface area contributed by atoms with Gasteiger partial charge < -0.3 is 4.52 Å². The van der Waals surface area contributed by atoms with Crippen molar-refractivity contribution in [3.05, 3.63) is 11.5 Å². The maximum Gasteiger partial charge on any atom is 0.222 e. The number of carbonyl (C=O) groups excluding carboxylic acids is 1. The molecule has 0 radical (unpaired) electrons. The van der Waals surface area contributed by atoms with Gasteiger partial charge in [-0.2, -0.15) is 0 Å². The van der Waals surface area contributed by atoms with Crippen molar-refractivity contribution in [1.82, 2.24) is 10.4 Å². The second-order valence-corrected chi connectivity index (χ2v) is 1.34. The molecule has 0 N–H and O–H groups in total. The van der Waals surface area contributed by atoms with E-state index in [0.717, 1.165) is 0 Å². The van der Waals surface area contributed by atoms with Crippen LogP contribution in [0.3, 0.4) is 0 Å². The van der Waals surface area contributed by atoms with Crippen molar-refractivity contribution < 1.29 is 9.32 Å².